The number of nitrogens with one attached hydrogen (secondary N) is 1. The molecule has 5 aliphatic carbocycles. The highest BCUT2D eigenvalue weighted by Gasteiger charge is 2.51. The minimum atomic E-state index is -0.219. The van der Waals surface area contributed by atoms with Crippen molar-refractivity contribution in [1.82, 2.24) is 5.32 Å². The monoisotopic (exact) mass is 373 g/mol. The van der Waals surface area contributed by atoms with Gasteiger partial charge in [0.1, 0.15) is 6.61 Å². The molecule has 0 atom stereocenters. The van der Waals surface area contributed by atoms with Crippen LogP contribution in [-0.2, 0) is 4.74 Å². The van der Waals surface area contributed by atoms with E-state index in [0.29, 0.717) is 6.61 Å². The largest absolute Gasteiger partial charge is 0.449 e. The minimum Gasteiger partial charge on any atom is -0.449 e. The van der Waals surface area contributed by atoms with Crippen molar-refractivity contribution in [1.29, 1.82) is 0 Å². The Hall–Kier alpha value is -2.29. The fourth-order valence-electron chi connectivity index (χ4n) is 7.11. The summed E-state index contributed by atoms with van der Waals surface area (Å²) in [5, 5.41) is 3.34. The smallest absolute Gasteiger partial charge is 0.407 e. The Morgan fingerprint density at radius 3 is 1.89 bits per heavy atom. The van der Waals surface area contributed by atoms with Crippen LogP contribution in [0, 0.1) is 17.8 Å². The number of hydrogen-bond acceptors (Lipinski definition) is 2. The molecule has 28 heavy (non-hydrogen) atoms. The number of ether oxygens (including phenoxy) is 1. The predicted molar refractivity (Wildman–Crippen MR) is 109 cm³/mol. The van der Waals surface area contributed by atoms with Gasteiger partial charge >= 0.3 is 6.09 Å². The molecule has 4 saturated carbocycles. The summed E-state index contributed by atoms with van der Waals surface area (Å²) in [6.45, 7) is 0.409. The maximum atomic E-state index is 12.8. The van der Waals surface area contributed by atoms with Crippen LogP contribution in [0.25, 0.3) is 11.1 Å². The summed E-state index contributed by atoms with van der Waals surface area (Å²) in [5.74, 6) is 2.59. The molecule has 7 rings (SSSR count). The fourth-order valence-corrected chi connectivity index (χ4v) is 7.11. The minimum absolute atomic E-state index is 0.0112. The molecule has 0 saturated heterocycles. The van der Waals surface area contributed by atoms with E-state index in [1.807, 2.05) is 0 Å². The van der Waals surface area contributed by atoms with Crippen molar-refractivity contribution in [2.24, 2.45) is 17.8 Å². The molecule has 1 N–H and O–H groups in total. The average molecular weight is 373 g/mol. The molecule has 4 fully saturated rings. The van der Waals surface area contributed by atoms with E-state index in [1.54, 1.807) is 0 Å². The normalized spacial score (nSPS) is 32.1. The van der Waals surface area contributed by atoms with Gasteiger partial charge in [0.25, 0.3) is 0 Å². The van der Waals surface area contributed by atoms with E-state index in [4.69, 9.17) is 4.74 Å². The summed E-state index contributed by atoms with van der Waals surface area (Å²) in [6, 6.07) is 17.0. The zero-order valence-corrected chi connectivity index (χ0v) is 16.2. The fraction of sp³-hybridized carbons (Fsp3) is 0.480. The molecule has 144 valence electrons. The molecule has 0 aromatic heterocycles. The van der Waals surface area contributed by atoms with E-state index in [0.717, 1.165) is 37.0 Å². The maximum absolute atomic E-state index is 12.8. The first-order chi connectivity index (χ1) is 13.7. The Kier molecular flexibility index (Phi) is 3.63. The molecule has 3 heteroatoms. The lowest BCUT2D eigenvalue weighted by molar-refractivity contribution is -0.0192. The van der Waals surface area contributed by atoms with Gasteiger partial charge in [-0.15, -0.1) is 0 Å². The van der Waals surface area contributed by atoms with Crippen LogP contribution >= 0.6 is 0 Å². The molecular weight excluding hydrogens is 346 g/mol. The summed E-state index contributed by atoms with van der Waals surface area (Å²) in [7, 11) is 0. The molecule has 3 nitrogen and oxygen atoms in total. The van der Waals surface area contributed by atoms with Crippen LogP contribution in [0.4, 0.5) is 4.79 Å². The molecule has 0 spiro atoms. The summed E-state index contributed by atoms with van der Waals surface area (Å²) in [6.07, 6.45) is 7.39. The number of alkyl carbamates (subject to hydrolysis) is 1. The number of hydrogen-bond donors (Lipinski definition) is 1. The van der Waals surface area contributed by atoms with Crippen molar-refractivity contribution in [3.63, 3.8) is 0 Å². The molecular formula is C25H27NO2. The number of benzene rings is 2. The van der Waals surface area contributed by atoms with Gasteiger partial charge in [0, 0.05) is 11.5 Å². The molecule has 0 heterocycles. The quantitative estimate of drug-likeness (QED) is 0.772. The Bertz CT molecular complexity index is 853. The summed E-state index contributed by atoms with van der Waals surface area (Å²) >= 11 is 0. The summed E-state index contributed by atoms with van der Waals surface area (Å²) < 4.78 is 5.83. The van der Waals surface area contributed by atoms with Gasteiger partial charge in [0.15, 0.2) is 0 Å². The van der Waals surface area contributed by atoms with Crippen molar-refractivity contribution >= 4 is 6.09 Å². The highest BCUT2D eigenvalue weighted by molar-refractivity contribution is 5.79. The lowest BCUT2D eigenvalue weighted by atomic mass is 9.53. The van der Waals surface area contributed by atoms with E-state index in [-0.39, 0.29) is 17.6 Å². The lowest BCUT2D eigenvalue weighted by Gasteiger charge is -2.56. The highest BCUT2D eigenvalue weighted by Crippen LogP contribution is 2.55. The Morgan fingerprint density at radius 1 is 0.857 bits per heavy atom. The van der Waals surface area contributed by atoms with E-state index in [2.05, 4.69) is 53.8 Å². The van der Waals surface area contributed by atoms with Crippen molar-refractivity contribution in [3.8, 4) is 11.1 Å². The van der Waals surface area contributed by atoms with Gasteiger partial charge in [0.2, 0.25) is 0 Å². The summed E-state index contributed by atoms with van der Waals surface area (Å²) in [5.41, 5.74) is 5.09. The number of fused-ring (bicyclic) bond motifs is 3. The van der Waals surface area contributed by atoms with Crippen molar-refractivity contribution in [2.45, 2.75) is 50.0 Å². The van der Waals surface area contributed by atoms with Crippen LogP contribution in [0.5, 0.6) is 0 Å². The lowest BCUT2D eigenvalue weighted by Crippen LogP contribution is -2.60. The third kappa shape index (κ3) is 2.59. The van der Waals surface area contributed by atoms with Crippen LogP contribution < -0.4 is 5.32 Å². The van der Waals surface area contributed by atoms with Crippen LogP contribution in [0.2, 0.25) is 0 Å². The Labute approximate surface area is 166 Å². The van der Waals surface area contributed by atoms with E-state index < -0.39 is 0 Å². The van der Waals surface area contributed by atoms with E-state index in [9.17, 15) is 4.79 Å². The first-order valence-electron chi connectivity index (χ1n) is 10.8. The standard InChI is InChI=1S/C25H27NO2/c27-24(26-25-12-16-9-17(13-25)11-18(10-16)14-25)28-15-23-21-7-3-1-5-19(21)20-6-2-4-8-22(20)23/h1-8,16-18,23H,9-15H2,(H,26,27). The van der Waals surface area contributed by atoms with Gasteiger partial charge in [-0.2, -0.15) is 0 Å². The van der Waals surface area contributed by atoms with Gasteiger partial charge in [-0.25, -0.2) is 4.79 Å². The second-order valence-electron chi connectivity index (χ2n) is 9.65. The zero-order chi connectivity index (χ0) is 18.7. The van der Waals surface area contributed by atoms with Crippen molar-refractivity contribution < 1.29 is 9.53 Å². The van der Waals surface area contributed by atoms with Crippen molar-refractivity contribution in [3.05, 3.63) is 59.7 Å². The van der Waals surface area contributed by atoms with E-state index in [1.165, 1.54) is 41.5 Å². The predicted octanol–water partition coefficient (Wildman–Crippen LogP) is 5.49. The first kappa shape index (κ1) is 16.6. The number of carbonyl (C=O) groups excluding carboxylic acids is 1. The molecule has 5 aliphatic rings. The van der Waals surface area contributed by atoms with Gasteiger partial charge in [-0.1, -0.05) is 48.5 Å². The summed E-state index contributed by atoms with van der Waals surface area (Å²) in [4.78, 5) is 12.8. The average Bonchev–Trinajstić information content (AvgIpc) is 2.99. The Morgan fingerprint density at radius 2 is 1.36 bits per heavy atom. The molecule has 0 radical (unpaired) electrons. The number of rotatable bonds is 3. The second kappa shape index (κ2) is 6.10. The maximum Gasteiger partial charge on any atom is 0.407 e. The van der Waals surface area contributed by atoms with Gasteiger partial charge in [-0.3, -0.25) is 0 Å². The molecule has 0 unspecified atom stereocenters. The van der Waals surface area contributed by atoms with Crippen LogP contribution in [-0.4, -0.2) is 18.2 Å². The molecule has 2 aromatic rings. The molecule has 0 aliphatic heterocycles. The Balaban J connectivity index is 1.18. The number of amides is 1. The van der Waals surface area contributed by atoms with E-state index >= 15 is 0 Å². The second-order valence-corrected chi connectivity index (χ2v) is 9.65. The molecule has 4 bridgehead atoms. The van der Waals surface area contributed by atoms with Crippen LogP contribution in [0.1, 0.15) is 55.6 Å². The third-order valence-electron chi connectivity index (χ3n) is 7.75. The first-order valence-corrected chi connectivity index (χ1v) is 10.8. The van der Waals surface area contributed by atoms with Gasteiger partial charge in [0.05, 0.1) is 0 Å². The highest BCUT2D eigenvalue weighted by atomic mass is 16.5. The van der Waals surface area contributed by atoms with Crippen molar-refractivity contribution in [2.75, 3.05) is 6.61 Å². The molecule has 2 aromatic carbocycles. The SMILES string of the molecule is O=C(NC12CC3CC(CC(C3)C1)C2)OCC1c2ccccc2-c2ccccc21. The van der Waals surface area contributed by atoms with Gasteiger partial charge < -0.3 is 10.1 Å². The molecule has 1 amide bonds. The van der Waals surface area contributed by atoms with Crippen LogP contribution in [0.3, 0.4) is 0 Å². The zero-order valence-electron chi connectivity index (χ0n) is 16.2. The number of carbonyl (C=O) groups is 1. The third-order valence-corrected chi connectivity index (χ3v) is 7.75. The van der Waals surface area contributed by atoms with Gasteiger partial charge in [-0.05, 0) is 78.5 Å². The van der Waals surface area contributed by atoms with Crippen LogP contribution in [0.15, 0.2) is 48.5 Å². The topological polar surface area (TPSA) is 38.3 Å².